The summed E-state index contributed by atoms with van der Waals surface area (Å²) in [5, 5.41) is 9.02. The SMILES string of the molecule is COc1nc(NN)nc(N(CCO)C(C)C)n1. The van der Waals surface area contributed by atoms with Gasteiger partial charge in [-0.1, -0.05) is 0 Å². The van der Waals surface area contributed by atoms with Crippen molar-refractivity contribution in [1.82, 2.24) is 15.0 Å². The Bertz CT molecular complexity index is 337. The van der Waals surface area contributed by atoms with Crippen molar-refractivity contribution in [3.05, 3.63) is 0 Å². The molecule has 0 aliphatic carbocycles. The molecule has 0 aliphatic rings. The van der Waals surface area contributed by atoms with Crippen LogP contribution in [0.4, 0.5) is 11.9 Å². The third-order valence-electron chi connectivity index (χ3n) is 2.14. The predicted molar refractivity (Wildman–Crippen MR) is 63.8 cm³/mol. The molecule has 17 heavy (non-hydrogen) atoms. The lowest BCUT2D eigenvalue weighted by atomic mass is 10.3. The van der Waals surface area contributed by atoms with Gasteiger partial charge >= 0.3 is 6.01 Å². The number of methoxy groups -OCH3 is 1. The highest BCUT2D eigenvalue weighted by Gasteiger charge is 2.16. The fourth-order valence-corrected chi connectivity index (χ4v) is 1.33. The van der Waals surface area contributed by atoms with Crippen LogP contribution < -0.4 is 20.9 Å². The second-order valence-electron chi connectivity index (χ2n) is 3.60. The van der Waals surface area contributed by atoms with Crippen LogP contribution in [0.25, 0.3) is 0 Å². The van der Waals surface area contributed by atoms with Gasteiger partial charge in [0.25, 0.3) is 0 Å². The number of hydrogen-bond donors (Lipinski definition) is 3. The number of aliphatic hydroxyl groups excluding tert-OH is 1. The maximum absolute atomic E-state index is 9.02. The first-order chi connectivity index (χ1) is 8.12. The summed E-state index contributed by atoms with van der Waals surface area (Å²) in [6, 6.07) is 0.312. The van der Waals surface area contributed by atoms with E-state index in [1.807, 2.05) is 18.7 Å². The summed E-state index contributed by atoms with van der Waals surface area (Å²) in [6.45, 7) is 4.38. The van der Waals surface area contributed by atoms with Crippen molar-refractivity contribution in [3.63, 3.8) is 0 Å². The Morgan fingerprint density at radius 3 is 2.59 bits per heavy atom. The number of nitrogen functional groups attached to an aromatic ring is 1. The van der Waals surface area contributed by atoms with Gasteiger partial charge in [-0.3, -0.25) is 5.43 Å². The van der Waals surface area contributed by atoms with Crippen molar-refractivity contribution >= 4 is 11.9 Å². The number of nitrogens with one attached hydrogen (secondary N) is 1. The van der Waals surface area contributed by atoms with Crippen LogP contribution in [0.3, 0.4) is 0 Å². The Labute approximate surface area is 99.8 Å². The van der Waals surface area contributed by atoms with E-state index in [0.29, 0.717) is 12.5 Å². The van der Waals surface area contributed by atoms with E-state index in [9.17, 15) is 0 Å². The molecule has 0 atom stereocenters. The average molecular weight is 242 g/mol. The van der Waals surface area contributed by atoms with Crippen molar-refractivity contribution in [2.24, 2.45) is 5.84 Å². The zero-order valence-corrected chi connectivity index (χ0v) is 10.2. The van der Waals surface area contributed by atoms with Gasteiger partial charge in [-0.05, 0) is 13.8 Å². The van der Waals surface area contributed by atoms with Gasteiger partial charge in [0.15, 0.2) is 0 Å². The molecule has 0 spiro atoms. The molecule has 0 fully saturated rings. The van der Waals surface area contributed by atoms with E-state index < -0.39 is 0 Å². The van der Waals surface area contributed by atoms with Crippen LogP contribution in [0.1, 0.15) is 13.8 Å². The Hall–Kier alpha value is -1.67. The van der Waals surface area contributed by atoms with Gasteiger partial charge in [0, 0.05) is 12.6 Å². The number of rotatable bonds is 6. The lowest BCUT2D eigenvalue weighted by Gasteiger charge is -2.25. The minimum atomic E-state index is 0.0115. The van der Waals surface area contributed by atoms with Gasteiger partial charge < -0.3 is 14.7 Å². The first kappa shape index (κ1) is 13.4. The third kappa shape index (κ3) is 3.40. The number of ether oxygens (including phenoxy) is 1. The highest BCUT2D eigenvalue weighted by atomic mass is 16.5. The Morgan fingerprint density at radius 1 is 1.41 bits per heavy atom. The molecule has 8 heteroatoms. The summed E-state index contributed by atoms with van der Waals surface area (Å²) in [7, 11) is 1.46. The lowest BCUT2D eigenvalue weighted by Crippen LogP contribution is -2.35. The minimum Gasteiger partial charge on any atom is -0.467 e. The molecule has 0 amide bonds. The number of aliphatic hydroxyl groups is 1. The van der Waals surface area contributed by atoms with Crippen molar-refractivity contribution < 1.29 is 9.84 Å². The maximum Gasteiger partial charge on any atom is 0.322 e. The molecule has 1 aromatic rings. The van der Waals surface area contributed by atoms with E-state index in [4.69, 9.17) is 15.7 Å². The number of anilines is 2. The highest BCUT2D eigenvalue weighted by Crippen LogP contribution is 2.16. The molecule has 1 aromatic heterocycles. The smallest absolute Gasteiger partial charge is 0.322 e. The standard InChI is InChI=1S/C9H18N6O2/c1-6(2)15(4-5-16)8-11-7(14-10)12-9(13-8)17-3/h6,16H,4-5,10H2,1-3H3,(H,11,12,13,14). The number of nitrogens with zero attached hydrogens (tertiary/aromatic N) is 4. The summed E-state index contributed by atoms with van der Waals surface area (Å²) in [4.78, 5) is 14.0. The molecule has 0 saturated carbocycles. The van der Waals surface area contributed by atoms with E-state index in [2.05, 4.69) is 20.4 Å². The summed E-state index contributed by atoms with van der Waals surface area (Å²) in [5.41, 5.74) is 2.35. The third-order valence-corrected chi connectivity index (χ3v) is 2.14. The van der Waals surface area contributed by atoms with Crippen molar-refractivity contribution in [3.8, 4) is 6.01 Å². The number of hydrazine groups is 1. The molecule has 1 heterocycles. The summed E-state index contributed by atoms with van der Waals surface area (Å²) in [6.07, 6.45) is 0. The molecule has 0 unspecified atom stereocenters. The van der Waals surface area contributed by atoms with Crippen LogP contribution in [0.5, 0.6) is 6.01 Å². The number of aromatic nitrogens is 3. The summed E-state index contributed by atoms with van der Waals surface area (Å²) < 4.78 is 4.96. The van der Waals surface area contributed by atoms with Crippen molar-refractivity contribution in [2.75, 3.05) is 30.6 Å². The first-order valence-electron chi connectivity index (χ1n) is 5.26. The monoisotopic (exact) mass is 242 g/mol. The van der Waals surface area contributed by atoms with Crippen LogP contribution in [0, 0.1) is 0 Å². The average Bonchev–Trinajstić information content (AvgIpc) is 2.34. The van der Waals surface area contributed by atoms with Gasteiger partial charge in [-0.15, -0.1) is 0 Å². The van der Waals surface area contributed by atoms with E-state index in [0.717, 1.165) is 0 Å². The molecule has 0 aromatic carbocycles. The normalized spacial score (nSPS) is 10.5. The summed E-state index contributed by atoms with van der Waals surface area (Å²) in [5.74, 6) is 5.90. The second-order valence-corrected chi connectivity index (χ2v) is 3.60. The molecule has 4 N–H and O–H groups in total. The van der Waals surface area contributed by atoms with Crippen LogP contribution in [-0.4, -0.2) is 46.4 Å². The fraction of sp³-hybridized carbons (Fsp3) is 0.667. The second kappa shape index (κ2) is 6.16. The molecular weight excluding hydrogens is 224 g/mol. The molecule has 8 nitrogen and oxygen atoms in total. The first-order valence-corrected chi connectivity index (χ1v) is 5.26. The van der Waals surface area contributed by atoms with E-state index in [1.165, 1.54) is 7.11 Å². The molecular formula is C9H18N6O2. The van der Waals surface area contributed by atoms with Gasteiger partial charge in [0.1, 0.15) is 0 Å². The maximum atomic E-state index is 9.02. The Kier molecular flexibility index (Phi) is 4.85. The molecule has 0 bridgehead atoms. The Balaban J connectivity index is 3.08. The Morgan fingerprint density at radius 2 is 2.12 bits per heavy atom. The molecule has 96 valence electrons. The van der Waals surface area contributed by atoms with Crippen LogP contribution >= 0.6 is 0 Å². The lowest BCUT2D eigenvalue weighted by molar-refractivity contribution is 0.297. The number of nitrogens with two attached hydrogens (primary N) is 1. The van der Waals surface area contributed by atoms with E-state index >= 15 is 0 Å². The van der Waals surface area contributed by atoms with Crippen LogP contribution in [0.15, 0.2) is 0 Å². The molecule has 0 radical (unpaired) electrons. The van der Waals surface area contributed by atoms with Gasteiger partial charge in [0.05, 0.1) is 13.7 Å². The fourth-order valence-electron chi connectivity index (χ4n) is 1.33. The topological polar surface area (TPSA) is 109 Å². The van der Waals surface area contributed by atoms with Crippen LogP contribution in [-0.2, 0) is 0 Å². The van der Waals surface area contributed by atoms with Crippen molar-refractivity contribution in [1.29, 1.82) is 0 Å². The quantitative estimate of drug-likeness (QED) is 0.447. The van der Waals surface area contributed by atoms with Gasteiger partial charge in [-0.2, -0.15) is 15.0 Å². The van der Waals surface area contributed by atoms with Gasteiger partial charge in [0.2, 0.25) is 11.9 Å². The largest absolute Gasteiger partial charge is 0.467 e. The molecule has 0 aliphatic heterocycles. The zero-order valence-electron chi connectivity index (χ0n) is 10.2. The number of hydrogen-bond acceptors (Lipinski definition) is 8. The van der Waals surface area contributed by atoms with E-state index in [1.54, 1.807) is 0 Å². The van der Waals surface area contributed by atoms with E-state index in [-0.39, 0.29) is 24.6 Å². The van der Waals surface area contributed by atoms with Crippen LogP contribution in [0.2, 0.25) is 0 Å². The molecule has 1 rings (SSSR count). The van der Waals surface area contributed by atoms with Crippen molar-refractivity contribution in [2.45, 2.75) is 19.9 Å². The van der Waals surface area contributed by atoms with Gasteiger partial charge in [-0.25, -0.2) is 5.84 Å². The zero-order chi connectivity index (χ0) is 12.8. The summed E-state index contributed by atoms with van der Waals surface area (Å²) >= 11 is 0. The molecule has 0 saturated heterocycles. The highest BCUT2D eigenvalue weighted by molar-refractivity contribution is 5.38. The predicted octanol–water partition coefficient (Wildman–Crippen LogP) is -0.627. The minimum absolute atomic E-state index is 0.0115.